The van der Waals surface area contributed by atoms with Gasteiger partial charge in [-0.2, -0.15) is 0 Å². The van der Waals surface area contributed by atoms with Gasteiger partial charge in [-0.25, -0.2) is 4.79 Å². The molecule has 1 atom stereocenters. The summed E-state index contributed by atoms with van der Waals surface area (Å²) in [7, 11) is 0. The Balaban J connectivity index is 1.42. The lowest BCUT2D eigenvalue weighted by Gasteiger charge is -2.17. The summed E-state index contributed by atoms with van der Waals surface area (Å²) in [6, 6.07) is 9.27. The predicted octanol–water partition coefficient (Wildman–Crippen LogP) is 2.98. The van der Waals surface area contributed by atoms with Gasteiger partial charge in [-0.05, 0) is 44.2 Å². The smallest absolute Gasteiger partial charge is 0.315 e. The minimum Gasteiger partial charge on any atom is -0.338 e. The average Bonchev–Trinajstić information content (AvgIpc) is 2.97. The zero-order valence-electron chi connectivity index (χ0n) is 14.0. The Bertz CT molecular complexity index is 612. The van der Waals surface area contributed by atoms with E-state index < -0.39 is 0 Å². The number of rotatable bonds is 5. The van der Waals surface area contributed by atoms with Crippen molar-refractivity contribution in [3.05, 3.63) is 42.0 Å². The molecule has 1 aliphatic carbocycles. The lowest BCUT2D eigenvalue weighted by molar-refractivity contribution is -0.117. The van der Waals surface area contributed by atoms with E-state index in [9.17, 15) is 9.59 Å². The molecule has 5 heteroatoms. The molecule has 1 aliphatic heterocycles. The molecule has 1 heterocycles. The Morgan fingerprint density at radius 3 is 2.79 bits per heavy atom. The first-order chi connectivity index (χ1) is 11.7. The number of amides is 3. The normalized spacial score (nSPS) is 20.7. The molecular weight excluding hydrogens is 302 g/mol. The van der Waals surface area contributed by atoms with Crippen LogP contribution in [0.1, 0.15) is 38.5 Å². The number of benzene rings is 1. The van der Waals surface area contributed by atoms with Gasteiger partial charge >= 0.3 is 6.03 Å². The Hall–Kier alpha value is -2.30. The fourth-order valence-corrected chi connectivity index (χ4v) is 3.37. The van der Waals surface area contributed by atoms with Crippen molar-refractivity contribution in [3.8, 4) is 0 Å². The van der Waals surface area contributed by atoms with Crippen molar-refractivity contribution in [2.45, 2.75) is 44.6 Å². The molecule has 5 nitrogen and oxygen atoms in total. The van der Waals surface area contributed by atoms with Crippen LogP contribution in [0.15, 0.2) is 42.0 Å². The first-order valence-corrected chi connectivity index (χ1v) is 8.80. The highest BCUT2D eigenvalue weighted by Gasteiger charge is 2.31. The van der Waals surface area contributed by atoms with Crippen LogP contribution in [0.5, 0.6) is 0 Å². The number of urea groups is 1. The highest BCUT2D eigenvalue weighted by Crippen LogP contribution is 2.21. The van der Waals surface area contributed by atoms with Crippen molar-refractivity contribution in [1.82, 2.24) is 10.6 Å². The van der Waals surface area contributed by atoms with E-state index in [1.54, 1.807) is 4.90 Å². The predicted molar refractivity (Wildman–Crippen MR) is 94.9 cm³/mol. The molecule has 1 aromatic carbocycles. The van der Waals surface area contributed by atoms with Crippen molar-refractivity contribution in [3.63, 3.8) is 0 Å². The van der Waals surface area contributed by atoms with Crippen LogP contribution in [0.25, 0.3) is 0 Å². The lowest BCUT2D eigenvalue weighted by Crippen LogP contribution is -2.43. The van der Waals surface area contributed by atoms with Gasteiger partial charge in [0.05, 0.1) is 6.04 Å². The fourth-order valence-electron chi connectivity index (χ4n) is 3.37. The summed E-state index contributed by atoms with van der Waals surface area (Å²) in [5.74, 6) is 0.0545. The summed E-state index contributed by atoms with van der Waals surface area (Å²) < 4.78 is 0. The molecule has 0 saturated carbocycles. The van der Waals surface area contributed by atoms with E-state index >= 15 is 0 Å². The third-order valence-corrected chi connectivity index (χ3v) is 4.64. The highest BCUT2D eigenvalue weighted by molar-refractivity contribution is 5.96. The molecule has 0 aromatic heterocycles. The van der Waals surface area contributed by atoms with Crippen molar-refractivity contribution in [1.29, 1.82) is 0 Å². The minimum absolute atomic E-state index is 0.0545. The Morgan fingerprint density at radius 2 is 2.04 bits per heavy atom. The van der Waals surface area contributed by atoms with E-state index in [4.69, 9.17) is 0 Å². The Kier molecular flexibility index (Phi) is 5.51. The average molecular weight is 327 g/mol. The number of hydrogen-bond donors (Lipinski definition) is 2. The first-order valence-electron chi connectivity index (χ1n) is 8.80. The molecule has 1 aromatic rings. The van der Waals surface area contributed by atoms with E-state index in [-0.39, 0.29) is 18.0 Å². The van der Waals surface area contributed by atoms with Gasteiger partial charge in [-0.1, -0.05) is 29.8 Å². The van der Waals surface area contributed by atoms with Crippen LogP contribution in [0.4, 0.5) is 10.5 Å². The molecule has 0 radical (unpaired) electrons. The second kappa shape index (κ2) is 7.99. The molecule has 2 aliphatic rings. The molecule has 0 bridgehead atoms. The van der Waals surface area contributed by atoms with E-state index in [2.05, 4.69) is 16.7 Å². The van der Waals surface area contributed by atoms with Gasteiger partial charge in [-0.15, -0.1) is 0 Å². The van der Waals surface area contributed by atoms with Gasteiger partial charge in [0.15, 0.2) is 0 Å². The molecule has 1 fully saturated rings. The summed E-state index contributed by atoms with van der Waals surface area (Å²) in [6.07, 6.45) is 8.45. The van der Waals surface area contributed by atoms with Gasteiger partial charge < -0.3 is 15.5 Å². The fraction of sp³-hybridized carbons (Fsp3) is 0.474. The number of allylic oxidation sites excluding steroid dienone is 1. The van der Waals surface area contributed by atoms with E-state index in [1.165, 1.54) is 24.8 Å². The Labute approximate surface area is 143 Å². The van der Waals surface area contributed by atoms with Crippen molar-refractivity contribution >= 4 is 17.6 Å². The number of para-hydroxylation sites is 1. The SMILES string of the molecule is O=C(NCCC1=CCCCC1)N[C@@H]1CC(=O)N(c2ccccc2)C1. The summed E-state index contributed by atoms with van der Waals surface area (Å²) in [6.45, 7) is 1.18. The first kappa shape index (κ1) is 16.6. The summed E-state index contributed by atoms with van der Waals surface area (Å²) in [4.78, 5) is 25.9. The molecule has 0 unspecified atom stereocenters. The maximum absolute atomic E-state index is 12.1. The van der Waals surface area contributed by atoms with Gasteiger partial charge in [-0.3, -0.25) is 4.79 Å². The van der Waals surface area contributed by atoms with E-state index in [1.807, 2.05) is 30.3 Å². The standard InChI is InChI=1S/C19H25N3O2/c23-18-13-16(14-22(18)17-9-5-2-6-10-17)21-19(24)20-12-11-15-7-3-1-4-8-15/h2,5-7,9-10,16H,1,3-4,8,11-14H2,(H2,20,21,24)/t16-/m1/s1. The summed E-state index contributed by atoms with van der Waals surface area (Å²) in [5, 5.41) is 5.82. The molecule has 3 amide bonds. The van der Waals surface area contributed by atoms with Gasteiger partial charge in [0, 0.05) is 25.2 Å². The van der Waals surface area contributed by atoms with Crippen LogP contribution in [-0.2, 0) is 4.79 Å². The molecule has 24 heavy (non-hydrogen) atoms. The third kappa shape index (κ3) is 4.37. The van der Waals surface area contributed by atoms with Gasteiger partial charge in [0.25, 0.3) is 0 Å². The quantitative estimate of drug-likeness (QED) is 0.817. The number of nitrogens with zero attached hydrogens (tertiary/aromatic N) is 1. The third-order valence-electron chi connectivity index (χ3n) is 4.64. The highest BCUT2D eigenvalue weighted by atomic mass is 16.2. The maximum atomic E-state index is 12.1. The second-order valence-corrected chi connectivity index (χ2v) is 6.50. The Morgan fingerprint density at radius 1 is 1.21 bits per heavy atom. The van der Waals surface area contributed by atoms with Crippen molar-refractivity contribution < 1.29 is 9.59 Å². The molecule has 128 valence electrons. The summed E-state index contributed by atoms with van der Waals surface area (Å²) in [5.41, 5.74) is 2.34. The topological polar surface area (TPSA) is 61.4 Å². The number of carbonyl (C=O) groups is 2. The van der Waals surface area contributed by atoms with Crippen molar-refractivity contribution in [2.75, 3.05) is 18.0 Å². The summed E-state index contributed by atoms with van der Waals surface area (Å²) >= 11 is 0. The molecule has 0 spiro atoms. The monoisotopic (exact) mass is 327 g/mol. The molecular formula is C19H25N3O2. The van der Waals surface area contributed by atoms with Crippen LogP contribution < -0.4 is 15.5 Å². The molecule has 3 rings (SSSR count). The van der Waals surface area contributed by atoms with Gasteiger partial charge in [0.1, 0.15) is 0 Å². The van der Waals surface area contributed by atoms with Crippen LogP contribution in [0, 0.1) is 0 Å². The van der Waals surface area contributed by atoms with Crippen LogP contribution in [0.3, 0.4) is 0 Å². The zero-order valence-corrected chi connectivity index (χ0v) is 14.0. The van der Waals surface area contributed by atoms with Crippen LogP contribution >= 0.6 is 0 Å². The minimum atomic E-state index is -0.181. The van der Waals surface area contributed by atoms with Crippen LogP contribution in [-0.4, -0.2) is 31.1 Å². The second-order valence-electron chi connectivity index (χ2n) is 6.50. The van der Waals surface area contributed by atoms with E-state index in [0.717, 1.165) is 18.5 Å². The lowest BCUT2D eigenvalue weighted by atomic mass is 9.97. The van der Waals surface area contributed by atoms with Gasteiger partial charge in [0.2, 0.25) is 5.91 Å². The maximum Gasteiger partial charge on any atom is 0.315 e. The molecule has 2 N–H and O–H groups in total. The largest absolute Gasteiger partial charge is 0.338 e. The van der Waals surface area contributed by atoms with E-state index in [0.29, 0.717) is 19.5 Å². The number of nitrogens with one attached hydrogen (secondary N) is 2. The number of carbonyl (C=O) groups excluding carboxylic acids is 2. The van der Waals surface area contributed by atoms with Crippen molar-refractivity contribution in [2.24, 2.45) is 0 Å². The zero-order chi connectivity index (χ0) is 16.8. The number of anilines is 1. The molecule has 1 saturated heterocycles. The number of hydrogen-bond acceptors (Lipinski definition) is 2. The van der Waals surface area contributed by atoms with Crippen LogP contribution in [0.2, 0.25) is 0 Å².